The first-order valence-corrected chi connectivity index (χ1v) is 4.62. The van der Waals surface area contributed by atoms with Gasteiger partial charge < -0.3 is 10.8 Å². The van der Waals surface area contributed by atoms with Gasteiger partial charge in [0.2, 0.25) is 0 Å². The Labute approximate surface area is 85.7 Å². The topological polar surface area (TPSA) is 74.9 Å². The average Bonchev–Trinajstić information content (AvgIpc) is 2.59. The number of aliphatic hydroxyl groups is 1. The molecule has 0 fully saturated rings. The molecule has 0 spiro atoms. The minimum absolute atomic E-state index is 0.195. The van der Waals surface area contributed by atoms with Crippen molar-refractivity contribution in [1.82, 2.24) is 10.2 Å². The molecule has 0 bridgehead atoms. The van der Waals surface area contributed by atoms with Crippen molar-refractivity contribution >= 4 is 22.5 Å². The predicted molar refractivity (Wildman–Crippen MR) is 55.1 cm³/mol. The summed E-state index contributed by atoms with van der Waals surface area (Å²) in [4.78, 5) is 0. The number of aromatic amines is 1. The number of hydrogen-bond donors (Lipinski definition) is 3. The second-order valence-corrected chi connectivity index (χ2v) is 3.44. The molecular weight excluding hydrogens is 202 g/mol. The lowest BCUT2D eigenvalue weighted by Gasteiger charge is -2.07. The molecule has 0 aliphatic carbocycles. The Hall–Kier alpha value is -1.10. The van der Waals surface area contributed by atoms with Crippen LogP contribution in [0.1, 0.15) is 11.7 Å². The maximum Gasteiger partial charge on any atom is 0.132 e. The van der Waals surface area contributed by atoms with Crippen molar-refractivity contribution in [1.29, 1.82) is 0 Å². The molecule has 1 unspecified atom stereocenters. The van der Waals surface area contributed by atoms with Gasteiger partial charge in [0.25, 0.3) is 0 Å². The molecule has 1 aromatic carbocycles. The molecule has 5 heteroatoms. The minimum Gasteiger partial charge on any atom is -0.387 e. The van der Waals surface area contributed by atoms with E-state index in [1.54, 1.807) is 18.2 Å². The lowest BCUT2D eigenvalue weighted by Crippen LogP contribution is -2.11. The van der Waals surface area contributed by atoms with E-state index in [-0.39, 0.29) is 6.54 Å². The van der Waals surface area contributed by atoms with Crippen LogP contribution in [0.15, 0.2) is 18.2 Å². The summed E-state index contributed by atoms with van der Waals surface area (Å²) in [6.45, 7) is 0.195. The van der Waals surface area contributed by atoms with Crippen LogP contribution in [0.3, 0.4) is 0 Å². The van der Waals surface area contributed by atoms with E-state index in [0.29, 0.717) is 5.15 Å². The predicted octanol–water partition coefficient (Wildman–Crippen LogP) is 1.21. The maximum absolute atomic E-state index is 9.52. The van der Waals surface area contributed by atoms with Crippen LogP contribution in [0.25, 0.3) is 10.9 Å². The van der Waals surface area contributed by atoms with Crippen LogP contribution >= 0.6 is 11.6 Å². The molecule has 14 heavy (non-hydrogen) atoms. The van der Waals surface area contributed by atoms with Crippen LogP contribution in [0.5, 0.6) is 0 Å². The van der Waals surface area contributed by atoms with E-state index in [4.69, 9.17) is 17.3 Å². The summed E-state index contributed by atoms with van der Waals surface area (Å²) in [6, 6.07) is 5.38. The quantitative estimate of drug-likeness (QED) is 0.699. The Bertz CT molecular complexity index is 454. The summed E-state index contributed by atoms with van der Waals surface area (Å²) in [5.74, 6) is 0. The summed E-state index contributed by atoms with van der Waals surface area (Å²) < 4.78 is 0. The van der Waals surface area contributed by atoms with Crippen molar-refractivity contribution in [3.8, 4) is 0 Å². The fourth-order valence-electron chi connectivity index (χ4n) is 1.34. The highest BCUT2D eigenvalue weighted by atomic mass is 35.5. The van der Waals surface area contributed by atoms with Crippen LogP contribution in [0.2, 0.25) is 5.15 Å². The third-order valence-corrected chi connectivity index (χ3v) is 2.43. The third kappa shape index (κ3) is 1.48. The normalized spacial score (nSPS) is 13.4. The standard InChI is InChI=1S/C9H10ClN3O/c10-9-6-3-5(8(14)4-11)1-2-7(6)12-13-9/h1-3,8,14H,4,11H2,(H,12,13). The molecule has 2 rings (SSSR count). The Kier molecular flexibility index (Phi) is 2.41. The molecule has 0 aliphatic rings. The van der Waals surface area contributed by atoms with E-state index in [2.05, 4.69) is 10.2 Å². The molecule has 0 amide bonds. The Morgan fingerprint density at radius 2 is 2.36 bits per heavy atom. The van der Waals surface area contributed by atoms with Crippen LogP contribution in [-0.2, 0) is 0 Å². The van der Waals surface area contributed by atoms with Gasteiger partial charge in [0.15, 0.2) is 0 Å². The number of halogens is 1. The number of hydrogen-bond acceptors (Lipinski definition) is 3. The monoisotopic (exact) mass is 211 g/mol. The lowest BCUT2D eigenvalue weighted by molar-refractivity contribution is 0.187. The Morgan fingerprint density at radius 1 is 1.57 bits per heavy atom. The van der Waals surface area contributed by atoms with Gasteiger partial charge in [0.1, 0.15) is 5.15 Å². The van der Waals surface area contributed by atoms with Gasteiger partial charge in [0.05, 0.1) is 11.6 Å². The maximum atomic E-state index is 9.52. The van der Waals surface area contributed by atoms with E-state index in [1.165, 1.54) is 0 Å². The van der Waals surface area contributed by atoms with Gasteiger partial charge in [0, 0.05) is 11.9 Å². The number of rotatable bonds is 2. The molecule has 0 aliphatic heterocycles. The highest BCUT2D eigenvalue weighted by Crippen LogP contribution is 2.23. The number of nitrogens with one attached hydrogen (secondary N) is 1. The highest BCUT2D eigenvalue weighted by Gasteiger charge is 2.08. The van der Waals surface area contributed by atoms with E-state index in [9.17, 15) is 5.11 Å². The van der Waals surface area contributed by atoms with Crippen LogP contribution < -0.4 is 5.73 Å². The molecule has 74 valence electrons. The van der Waals surface area contributed by atoms with E-state index in [1.807, 2.05) is 0 Å². The number of benzene rings is 1. The molecule has 0 saturated carbocycles. The van der Waals surface area contributed by atoms with E-state index in [0.717, 1.165) is 16.5 Å². The fraction of sp³-hybridized carbons (Fsp3) is 0.222. The summed E-state index contributed by atoms with van der Waals surface area (Å²) >= 11 is 5.86. The number of aromatic nitrogens is 2. The van der Waals surface area contributed by atoms with Gasteiger partial charge in [-0.1, -0.05) is 17.7 Å². The second kappa shape index (κ2) is 3.57. The fourth-order valence-corrected chi connectivity index (χ4v) is 1.53. The van der Waals surface area contributed by atoms with Gasteiger partial charge in [-0.15, -0.1) is 0 Å². The second-order valence-electron chi connectivity index (χ2n) is 3.07. The van der Waals surface area contributed by atoms with Crippen molar-refractivity contribution in [2.75, 3.05) is 6.54 Å². The molecule has 0 radical (unpaired) electrons. The first-order chi connectivity index (χ1) is 6.72. The Morgan fingerprint density at radius 3 is 3.07 bits per heavy atom. The SMILES string of the molecule is NCC(O)c1ccc2n[nH]c(Cl)c2c1. The summed E-state index contributed by atoms with van der Waals surface area (Å²) in [7, 11) is 0. The van der Waals surface area contributed by atoms with Crippen molar-refractivity contribution in [2.24, 2.45) is 5.73 Å². The highest BCUT2D eigenvalue weighted by molar-refractivity contribution is 6.34. The molecule has 1 aromatic heterocycles. The Balaban J connectivity index is 2.54. The van der Waals surface area contributed by atoms with Crippen molar-refractivity contribution < 1.29 is 5.11 Å². The van der Waals surface area contributed by atoms with Gasteiger partial charge in [-0.25, -0.2) is 0 Å². The molecule has 4 nitrogen and oxygen atoms in total. The van der Waals surface area contributed by atoms with Gasteiger partial charge >= 0.3 is 0 Å². The molecule has 1 atom stereocenters. The molecular formula is C9H10ClN3O. The average molecular weight is 212 g/mol. The molecule has 2 aromatic rings. The lowest BCUT2D eigenvalue weighted by atomic mass is 10.1. The van der Waals surface area contributed by atoms with Crippen molar-refractivity contribution in [2.45, 2.75) is 6.10 Å². The largest absolute Gasteiger partial charge is 0.387 e. The smallest absolute Gasteiger partial charge is 0.132 e. The minimum atomic E-state index is -0.648. The number of aliphatic hydroxyl groups excluding tert-OH is 1. The van der Waals surface area contributed by atoms with Crippen molar-refractivity contribution in [3.63, 3.8) is 0 Å². The summed E-state index contributed by atoms with van der Waals surface area (Å²) in [5, 5.41) is 17.4. The third-order valence-electron chi connectivity index (χ3n) is 2.14. The van der Waals surface area contributed by atoms with E-state index >= 15 is 0 Å². The van der Waals surface area contributed by atoms with Crippen LogP contribution in [-0.4, -0.2) is 21.8 Å². The zero-order valence-electron chi connectivity index (χ0n) is 7.37. The first-order valence-electron chi connectivity index (χ1n) is 4.24. The molecule has 1 heterocycles. The zero-order valence-corrected chi connectivity index (χ0v) is 8.12. The van der Waals surface area contributed by atoms with Gasteiger partial charge in [-0.05, 0) is 17.7 Å². The number of nitrogens with zero attached hydrogens (tertiary/aromatic N) is 1. The molecule has 4 N–H and O–H groups in total. The van der Waals surface area contributed by atoms with Gasteiger partial charge in [-0.2, -0.15) is 5.10 Å². The number of nitrogens with two attached hydrogens (primary N) is 1. The summed E-state index contributed by atoms with van der Waals surface area (Å²) in [6.07, 6.45) is -0.648. The first kappa shape index (κ1) is 9.45. The van der Waals surface area contributed by atoms with Crippen molar-refractivity contribution in [3.05, 3.63) is 28.9 Å². The van der Waals surface area contributed by atoms with Crippen LogP contribution in [0.4, 0.5) is 0 Å². The van der Waals surface area contributed by atoms with Crippen LogP contribution in [0, 0.1) is 0 Å². The zero-order chi connectivity index (χ0) is 10.1. The number of H-pyrrole nitrogens is 1. The summed E-state index contributed by atoms with van der Waals surface area (Å²) in [5.41, 5.74) is 6.89. The van der Waals surface area contributed by atoms with E-state index < -0.39 is 6.10 Å². The van der Waals surface area contributed by atoms with Gasteiger partial charge in [-0.3, -0.25) is 5.10 Å². The molecule has 0 saturated heterocycles. The number of fused-ring (bicyclic) bond motifs is 1.